The predicted molar refractivity (Wildman–Crippen MR) is 111 cm³/mol. The number of nitrogens with zero attached hydrogens (tertiary/aromatic N) is 2. The van der Waals surface area contributed by atoms with Crippen LogP contribution in [0.5, 0.6) is 17.4 Å². The number of halogens is 2. The monoisotopic (exact) mass is 447 g/mol. The molecule has 3 aromatic rings. The number of rotatable bonds is 7. The van der Waals surface area contributed by atoms with Crippen molar-refractivity contribution in [3.8, 4) is 17.4 Å². The highest BCUT2D eigenvalue weighted by molar-refractivity contribution is 6.31. The Kier molecular flexibility index (Phi) is 6.51. The van der Waals surface area contributed by atoms with Gasteiger partial charge in [0.1, 0.15) is 18.2 Å². The molecular weight excluding hydrogens is 433 g/mol. The number of nitrogens with one attached hydrogen (secondary N) is 1. The molecule has 0 aliphatic rings. The summed E-state index contributed by atoms with van der Waals surface area (Å²) < 4.78 is 24.9. The third kappa shape index (κ3) is 4.98. The number of aromatic hydroxyl groups is 1. The molecule has 0 amide bonds. The summed E-state index contributed by atoms with van der Waals surface area (Å²) in [6.07, 6.45) is 2.86. The molecule has 9 nitrogen and oxygen atoms in total. The molecule has 0 saturated heterocycles. The largest absolute Gasteiger partial charge is 0.493 e. The van der Waals surface area contributed by atoms with Gasteiger partial charge in [0.25, 0.3) is 5.88 Å². The number of hydrogen-bond donors (Lipinski definition) is 2. The first-order valence-electron chi connectivity index (χ1n) is 8.69. The smallest absolute Gasteiger partial charge is 0.395 e. The molecule has 0 saturated carbocycles. The van der Waals surface area contributed by atoms with Crippen LogP contribution in [-0.4, -0.2) is 27.1 Å². The lowest BCUT2D eigenvalue weighted by Crippen LogP contribution is -2.14. The lowest BCUT2D eigenvalue weighted by atomic mass is 10.1. The van der Waals surface area contributed by atoms with E-state index in [-0.39, 0.29) is 23.0 Å². The van der Waals surface area contributed by atoms with Crippen molar-refractivity contribution >= 4 is 29.4 Å². The summed E-state index contributed by atoms with van der Waals surface area (Å²) in [7, 11) is 1.45. The van der Waals surface area contributed by atoms with E-state index < -0.39 is 27.9 Å². The average molecular weight is 448 g/mol. The van der Waals surface area contributed by atoms with E-state index in [1.54, 1.807) is 24.3 Å². The summed E-state index contributed by atoms with van der Waals surface area (Å²) in [5.41, 5.74) is -1.35. The van der Waals surface area contributed by atoms with Crippen LogP contribution in [0.1, 0.15) is 17.0 Å². The molecule has 0 bridgehead atoms. The maximum Gasteiger partial charge on any atom is 0.395 e. The van der Waals surface area contributed by atoms with Gasteiger partial charge >= 0.3 is 11.2 Å². The molecule has 0 aliphatic carbocycles. The van der Waals surface area contributed by atoms with Gasteiger partial charge in [0, 0.05) is 5.56 Å². The van der Waals surface area contributed by atoms with Gasteiger partial charge in [-0.25, -0.2) is 4.39 Å². The highest BCUT2D eigenvalue weighted by atomic mass is 35.5. The summed E-state index contributed by atoms with van der Waals surface area (Å²) in [6.45, 7) is -0.139. The SMILES string of the molecule is COc1ccc(/C=C/c2nc(O)c([N+](=O)[O-])c(=O)[nH]2)cc1OCc1c(F)cccc1Cl. The number of aromatic amines is 1. The first-order valence-corrected chi connectivity index (χ1v) is 9.07. The Labute approximate surface area is 179 Å². The zero-order chi connectivity index (χ0) is 22.5. The Hall–Kier alpha value is -3.92. The third-order valence-corrected chi connectivity index (χ3v) is 4.49. The highest BCUT2D eigenvalue weighted by Gasteiger charge is 2.21. The predicted octanol–water partition coefficient (Wildman–Crippen LogP) is 3.93. The van der Waals surface area contributed by atoms with Gasteiger partial charge in [-0.05, 0) is 35.9 Å². The standard InChI is InChI=1S/C20H15ClFN3O6/c1-30-15-7-5-11(6-8-17-23-19(26)18(25(28)29)20(27)24-17)9-16(15)31-10-12-13(21)3-2-4-14(12)22/h2-9H,10H2,1H3,(H2,23,24,26,27)/b8-6+. The first kappa shape index (κ1) is 21.8. The van der Waals surface area contributed by atoms with Gasteiger partial charge in [-0.15, -0.1) is 0 Å². The van der Waals surface area contributed by atoms with Crippen molar-refractivity contribution in [2.75, 3.05) is 7.11 Å². The molecule has 11 heteroatoms. The van der Waals surface area contributed by atoms with Crippen molar-refractivity contribution in [3.05, 3.63) is 84.7 Å². The first-order chi connectivity index (χ1) is 14.8. The molecule has 0 unspecified atom stereocenters. The Bertz CT molecular complexity index is 1210. The average Bonchev–Trinajstić information content (AvgIpc) is 2.71. The molecule has 1 heterocycles. The minimum absolute atomic E-state index is 0.0930. The van der Waals surface area contributed by atoms with Crippen LogP contribution in [0, 0.1) is 15.9 Å². The summed E-state index contributed by atoms with van der Waals surface area (Å²) in [6, 6.07) is 9.18. The van der Waals surface area contributed by atoms with Gasteiger partial charge in [0.2, 0.25) is 0 Å². The van der Waals surface area contributed by atoms with Crippen LogP contribution >= 0.6 is 11.6 Å². The van der Waals surface area contributed by atoms with Gasteiger partial charge in [-0.2, -0.15) is 4.98 Å². The number of ether oxygens (including phenoxy) is 2. The molecule has 0 radical (unpaired) electrons. The lowest BCUT2D eigenvalue weighted by Gasteiger charge is -2.12. The maximum atomic E-state index is 14.0. The van der Waals surface area contributed by atoms with E-state index in [1.807, 2.05) is 0 Å². The molecule has 0 atom stereocenters. The number of H-pyrrole nitrogens is 1. The number of benzene rings is 2. The van der Waals surface area contributed by atoms with Gasteiger partial charge in [-0.1, -0.05) is 29.8 Å². The van der Waals surface area contributed by atoms with Crippen molar-refractivity contribution in [3.63, 3.8) is 0 Å². The van der Waals surface area contributed by atoms with Crippen molar-refractivity contribution in [2.24, 2.45) is 0 Å². The minimum atomic E-state index is -1.09. The second-order valence-electron chi connectivity index (χ2n) is 6.11. The van der Waals surface area contributed by atoms with Crippen molar-refractivity contribution in [1.29, 1.82) is 0 Å². The van der Waals surface area contributed by atoms with E-state index in [2.05, 4.69) is 9.97 Å². The van der Waals surface area contributed by atoms with Crippen LogP contribution in [0.4, 0.5) is 10.1 Å². The van der Waals surface area contributed by atoms with E-state index in [1.165, 1.54) is 31.4 Å². The van der Waals surface area contributed by atoms with E-state index in [0.29, 0.717) is 17.1 Å². The maximum absolute atomic E-state index is 14.0. The molecule has 31 heavy (non-hydrogen) atoms. The van der Waals surface area contributed by atoms with Crippen molar-refractivity contribution in [2.45, 2.75) is 6.61 Å². The number of nitro groups is 1. The second kappa shape index (κ2) is 9.26. The van der Waals surface area contributed by atoms with E-state index >= 15 is 0 Å². The van der Waals surface area contributed by atoms with Gasteiger partial charge in [-0.3, -0.25) is 14.9 Å². The van der Waals surface area contributed by atoms with Crippen LogP contribution < -0.4 is 15.0 Å². The summed E-state index contributed by atoms with van der Waals surface area (Å²) in [4.78, 5) is 27.2. The molecule has 3 rings (SSSR count). The van der Waals surface area contributed by atoms with E-state index in [0.717, 1.165) is 0 Å². The van der Waals surface area contributed by atoms with Gasteiger partial charge in [0.15, 0.2) is 11.5 Å². The zero-order valence-electron chi connectivity index (χ0n) is 16.0. The number of aromatic nitrogens is 2. The molecular formula is C20H15ClFN3O6. The minimum Gasteiger partial charge on any atom is -0.493 e. The topological polar surface area (TPSA) is 128 Å². The Morgan fingerprint density at radius 2 is 2.06 bits per heavy atom. The molecule has 0 spiro atoms. The van der Waals surface area contributed by atoms with Crippen LogP contribution in [0.15, 0.2) is 41.2 Å². The van der Waals surface area contributed by atoms with Crippen LogP contribution in [0.3, 0.4) is 0 Å². The Morgan fingerprint density at radius 3 is 2.71 bits per heavy atom. The van der Waals surface area contributed by atoms with E-state index in [4.69, 9.17) is 21.1 Å². The molecule has 160 valence electrons. The fourth-order valence-corrected chi connectivity index (χ4v) is 2.84. The Balaban J connectivity index is 1.85. The normalized spacial score (nSPS) is 10.9. The Morgan fingerprint density at radius 1 is 1.29 bits per heavy atom. The van der Waals surface area contributed by atoms with Gasteiger partial charge < -0.3 is 19.6 Å². The molecule has 0 fully saturated rings. The number of methoxy groups -OCH3 is 1. The molecule has 0 aliphatic heterocycles. The summed E-state index contributed by atoms with van der Waals surface area (Å²) in [5, 5.41) is 20.6. The van der Waals surface area contributed by atoms with Crippen molar-refractivity contribution in [1.82, 2.24) is 9.97 Å². The van der Waals surface area contributed by atoms with Crippen LogP contribution in [0.25, 0.3) is 12.2 Å². The van der Waals surface area contributed by atoms with E-state index in [9.17, 15) is 24.4 Å². The van der Waals surface area contributed by atoms with Gasteiger partial charge in [0.05, 0.1) is 17.1 Å². The van der Waals surface area contributed by atoms with Crippen LogP contribution in [0.2, 0.25) is 5.02 Å². The second-order valence-corrected chi connectivity index (χ2v) is 6.52. The fourth-order valence-electron chi connectivity index (χ4n) is 2.62. The van der Waals surface area contributed by atoms with Crippen LogP contribution in [-0.2, 0) is 6.61 Å². The quantitative estimate of drug-likeness (QED) is 0.414. The highest BCUT2D eigenvalue weighted by Crippen LogP contribution is 2.31. The molecule has 1 aromatic heterocycles. The lowest BCUT2D eigenvalue weighted by molar-refractivity contribution is -0.387. The number of hydrogen-bond acceptors (Lipinski definition) is 7. The van der Waals surface area contributed by atoms with Crippen molar-refractivity contribution < 1.29 is 23.9 Å². The summed E-state index contributed by atoms with van der Waals surface area (Å²) in [5.74, 6) is -0.893. The summed E-state index contributed by atoms with van der Waals surface area (Å²) >= 11 is 6.01. The fraction of sp³-hybridized carbons (Fsp3) is 0.100. The third-order valence-electron chi connectivity index (χ3n) is 4.13. The molecule has 2 N–H and O–H groups in total. The molecule has 2 aromatic carbocycles. The zero-order valence-corrected chi connectivity index (χ0v) is 16.7.